The number of anilines is 2. The quantitative estimate of drug-likeness (QED) is 0.243. The summed E-state index contributed by atoms with van der Waals surface area (Å²) in [5, 5.41) is 6.08. The van der Waals surface area contributed by atoms with Crippen molar-refractivity contribution in [1.29, 1.82) is 0 Å². The Morgan fingerprint density at radius 1 is 0.895 bits per heavy atom. The van der Waals surface area contributed by atoms with E-state index in [9.17, 15) is 13.2 Å². The summed E-state index contributed by atoms with van der Waals surface area (Å²) in [5.74, 6) is 0.429. The van der Waals surface area contributed by atoms with Crippen molar-refractivity contribution in [3.05, 3.63) is 81.8 Å². The van der Waals surface area contributed by atoms with Crippen molar-refractivity contribution in [2.24, 2.45) is 5.73 Å². The maximum absolute atomic E-state index is 12.8. The topological polar surface area (TPSA) is 123 Å². The van der Waals surface area contributed by atoms with E-state index in [-0.39, 0.29) is 20.5 Å². The summed E-state index contributed by atoms with van der Waals surface area (Å²) in [6.07, 6.45) is 0.667. The number of carbonyl (C=O) groups excluding carboxylic acids is 1. The molecule has 0 aliphatic heterocycles. The summed E-state index contributed by atoms with van der Waals surface area (Å²) in [7, 11) is -2.34. The van der Waals surface area contributed by atoms with Gasteiger partial charge in [0.2, 0.25) is 0 Å². The van der Waals surface area contributed by atoms with Gasteiger partial charge < -0.3 is 21.1 Å². The van der Waals surface area contributed by atoms with E-state index in [1.54, 1.807) is 38.1 Å². The van der Waals surface area contributed by atoms with Gasteiger partial charge in [-0.05, 0) is 87.7 Å². The van der Waals surface area contributed by atoms with Crippen LogP contribution in [0.1, 0.15) is 38.8 Å². The molecule has 0 atom stereocenters. The Kier molecular flexibility index (Phi) is 8.88. The predicted molar refractivity (Wildman–Crippen MR) is 154 cm³/mol. The number of methoxy groups -OCH3 is 1. The minimum absolute atomic E-state index is 0.0515. The molecule has 8 nitrogen and oxygen atoms in total. The van der Waals surface area contributed by atoms with Crippen LogP contribution in [0.3, 0.4) is 0 Å². The van der Waals surface area contributed by atoms with Crippen LogP contribution in [0.2, 0.25) is 10.0 Å². The van der Waals surface area contributed by atoms with Gasteiger partial charge in [0.15, 0.2) is 0 Å². The highest BCUT2D eigenvalue weighted by molar-refractivity contribution is 7.92. The molecule has 204 valence electrons. The minimum atomic E-state index is -3.83. The molecular formula is C27H32Cl2N4O4S. The van der Waals surface area contributed by atoms with Crippen LogP contribution in [-0.2, 0) is 22.0 Å². The largest absolute Gasteiger partial charge is 0.495 e. The van der Waals surface area contributed by atoms with Crippen LogP contribution in [0, 0.1) is 0 Å². The maximum atomic E-state index is 12.8. The number of amides is 2. The van der Waals surface area contributed by atoms with E-state index >= 15 is 0 Å². The Hall–Kier alpha value is -2.98. The first kappa shape index (κ1) is 29.6. The van der Waals surface area contributed by atoms with Gasteiger partial charge in [-0.15, -0.1) is 0 Å². The minimum Gasteiger partial charge on any atom is -0.495 e. The third kappa shape index (κ3) is 7.54. The molecule has 2 amide bonds. The molecule has 11 heteroatoms. The normalized spacial score (nSPS) is 12.1. The molecule has 3 rings (SSSR count). The Morgan fingerprint density at radius 3 is 2.03 bits per heavy atom. The van der Waals surface area contributed by atoms with Crippen LogP contribution in [0.15, 0.2) is 65.6 Å². The second kappa shape index (κ2) is 11.4. The highest BCUT2D eigenvalue weighted by Crippen LogP contribution is 2.39. The van der Waals surface area contributed by atoms with Gasteiger partial charge in [-0.25, -0.2) is 13.2 Å². The van der Waals surface area contributed by atoms with Crippen molar-refractivity contribution in [3.8, 4) is 5.75 Å². The van der Waals surface area contributed by atoms with Crippen molar-refractivity contribution in [3.63, 3.8) is 0 Å². The molecule has 3 aromatic rings. The second-order valence-corrected chi connectivity index (χ2v) is 12.6. The molecule has 0 radical (unpaired) electrons. The van der Waals surface area contributed by atoms with Crippen LogP contribution in [0.25, 0.3) is 0 Å². The van der Waals surface area contributed by atoms with Crippen LogP contribution >= 0.6 is 23.2 Å². The Labute approximate surface area is 233 Å². The van der Waals surface area contributed by atoms with Gasteiger partial charge in [0.1, 0.15) is 10.8 Å². The fourth-order valence-corrected chi connectivity index (χ4v) is 5.53. The number of benzene rings is 3. The van der Waals surface area contributed by atoms with E-state index in [0.717, 1.165) is 5.56 Å². The molecule has 0 unspecified atom stereocenters. The number of ether oxygens (including phenoxy) is 1. The summed E-state index contributed by atoms with van der Waals surface area (Å²) < 4.78 is 33.4. The van der Waals surface area contributed by atoms with Gasteiger partial charge in [0.25, 0.3) is 10.0 Å². The molecular weight excluding hydrogens is 547 g/mol. The summed E-state index contributed by atoms with van der Waals surface area (Å²) in [4.78, 5) is 12.7. The second-order valence-electron chi connectivity index (χ2n) is 10.1. The monoisotopic (exact) mass is 578 g/mol. The number of carbonyl (C=O) groups is 1. The molecule has 3 aromatic carbocycles. The molecule has 0 saturated heterocycles. The fourth-order valence-electron chi connectivity index (χ4n) is 3.83. The van der Waals surface area contributed by atoms with Crippen molar-refractivity contribution in [2.45, 2.75) is 50.1 Å². The first-order valence-corrected chi connectivity index (χ1v) is 14.0. The zero-order valence-electron chi connectivity index (χ0n) is 21.9. The summed E-state index contributed by atoms with van der Waals surface area (Å²) in [6.45, 7) is 7.42. The average Bonchev–Trinajstić information content (AvgIpc) is 2.80. The Morgan fingerprint density at radius 2 is 1.47 bits per heavy atom. The number of rotatable bonds is 9. The molecule has 0 aliphatic rings. The number of halogens is 2. The van der Waals surface area contributed by atoms with Crippen molar-refractivity contribution in [2.75, 3.05) is 17.1 Å². The molecule has 38 heavy (non-hydrogen) atoms. The van der Waals surface area contributed by atoms with E-state index in [1.807, 2.05) is 26.0 Å². The van der Waals surface area contributed by atoms with E-state index in [1.165, 1.54) is 31.4 Å². The molecule has 0 spiro atoms. The van der Waals surface area contributed by atoms with Crippen molar-refractivity contribution >= 4 is 50.6 Å². The zero-order chi connectivity index (χ0) is 28.3. The van der Waals surface area contributed by atoms with Gasteiger partial charge in [0.05, 0.1) is 22.6 Å². The maximum Gasteiger partial charge on any atom is 0.319 e. The number of nitrogens with one attached hydrogen (secondary N) is 3. The van der Waals surface area contributed by atoms with Gasteiger partial charge >= 0.3 is 6.03 Å². The van der Waals surface area contributed by atoms with Crippen molar-refractivity contribution < 1.29 is 17.9 Å². The summed E-state index contributed by atoms with van der Waals surface area (Å²) in [6, 6.07) is 15.8. The lowest BCUT2D eigenvalue weighted by Gasteiger charge is -2.28. The summed E-state index contributed by atoms with van der Waals surface area (Å²) >= 11 is 12.7. The van der Waals surface area contributed by atoms with Gasteiger partial charge in [0, 0.05) is 16.9 Å². The third-order valence-electron chi connectivity index (χ3n) is 5.65. The van der Waals surface area contributed by atoms with Gasteiger partial charge in [-0.2, -0.15) is 0 Å². The molecule has 0 heterocycles. The number of hydrogen-bond acceptors (Lipinski definition) is 5. The summed E-state index contributed by atoms with van der Waals surface area (Å²) in [5.41, 5.74) is 7.27. The third-order valence-corrected chi connectivity index (χ3v) is 7.92. The number of sulfonamides is 1. The van der Waals surface area contributed by atoms with E-state index in [4.69, 9.17) is 33.7 Å². The number of hydrogen-bond donors (Lipinski definition) is 4. The highest BCUT2D eigenvalue weighted by atomic mass is 35.5. The molecule has 0 bridgehead atoms. The highest BCUT2D eigenvalue weighted by Gasteiger charge is 2.27. The Balaban J connectivity index is 1.65. The van der Waals surface area contributed by atoms with E-state index in [0.29, 0.717) is 29.1 Å². The van der Waals surface area contributed by atoms with Crippen LogP contribution in [0.4, 0.5) is 16.2 Å². The van der Waals surface area contributed by atoms with Gasteiger partial charge in [-0.1, -0.05) is 41.4 Å². The molecule has 0 aromatic heterocycles. The smallest absolute Gasteiger partial charge is 0.319 e. The van der Waals surface area contributed by atoms with E-state index in [2.05, 4.69) is 15.4 Å². The molecule has 0 fully saturated rings. The van der Waals surface area contributed by atoms with Crippen LogP contribution in [0.5, 0.6) is 5.75 Å². The first-order valence-electron chi connectivity index (χ1n) is 11.7. The lowest BCUT2D eigenvalue weighted by Crippen LogP contribution is -2.43. The van der Waals surface area contributed by atoms with Gasteiger partial charge in [-0.3, -0.25) is 4.72 Å². The van der Waals surface area contributed by atoms with E-state index < -0.39 is 21.6 Å². The Bertz CT molecular complexity index is 1400. The molecule has 0 saturated carbocycles. The first-order chi connectivity index (χ1) is 17.6. The number of urea groups is 1. The molecule has 5 N–H and O–H groups in total. The van der Waals surface area contributed by atoms with Crippen molar-refractivity contribution in [1.82, 2.24) is 5.32 Å². The molecule has 0 aliphatic carbocycles. The van der Waals surface area contributed by atoms with Crippen LogP contribution < -0.4 is 25.8 Å². The SMILES string of the molecule is COc1ccc(C(C)(C)NC(=O)Nc2ccc(S(=O)(=O)Nc3ccc(CC(C)(C)N)cc3)cc2)c(Cl)c1Cl. The standard InChI is InChI=1S/C27H32Cl2N4O4S/c1-26(2,30)16-17-6-8-19(9-7-17)33-38(35,36)20-12-10-18(11-13-20)31-25(34)32-27(3,4)21-14-15-22(37-5)24(29)23(21)28/h6-15,33H,16,30H2,1-5H3,(H2,31,32,34). The number of nitrogens with two attached hydrogens (primary N) is 1. The lowest BCUT2D eigenvalue weighted by molar-refractivity contribution is 0.242. The predicted octanol–water partition coefficient (Wildman–Crippen LogP) is 6.14. The fraction of sp³-hybridized carbons (Fsp3) is 0.296. The average molecular weight is 580 g/mol. The van der Waals surface area contributed by atoms with Crippen LogP contribution in [-0.4, -0.2) is 27.1 Å². The lowest BCUT2D eigenvalue weighted by atomic mass is 9.94. The zero-order valence-corrected chi connectivity index (χ0v) is 24.2.